The number of hydrogen-bond donors (Lipinski definition) is 1. The predicted octanol–water partition coefficient (Wildman–Crippen LogP) is 3.19. The van der Waals surface area contributed by atoms with Crippen LogP contribution < -0.4 is 15.6 Å². The molecule has 0 radical (unpaired) electrons. The van der Waals surface area contributed by atoms with Gasteiger partial charge in [-0.05, 0) is 37.6 Å². The molecule has 1 N–H and O–H groups in total. The van der Waals surface area contributed by atoms with Crippen molar-refractivity contribution in [2.24, 2.45) is 0 Å². The third-order valence-electron chi connectivity index (χ3n) is 4.28. The third kappa shape index (κ3) is 4.85. The topological polar surface area (TPSA) is 73.2 Å². The number of aromatic nitrogens is 2. The molecular formula is C22H23N3O3. The van der Waals surface area contributed by atoms with Crippen LogP contribution in [0.2, 0.25) is 0 Å². The number of benzene rings is 2. The highest BCUT2D eigenvalue weighted by molar-refractivity contribution is 5.76. The molecule has 2 aromatic carbocycles. The van der Waals surface area contributed by atoms with E-state index in [0.29, 0.717) is 12.3 Å². The summed E-state index contributed by atoms with van der Waals surface area (Å²) in [4.78, 5) is 24.6. The summed E-state index contributed by atoms with van der Waals surface area (Å²) >= 11 is 0. The van der Waals surface area contributed by atoms with Gasteiger partial charge < -0.3 is 10.1 Å². The SMILES string of the molecule is CCOc1cccc([C@@H](C)NC(=O)Cn2nc(-c3ccccc3)ccc2=O)c1. The molecule has 1 amide bonds. The Balaban J connectivity index is 1.71. The number of nitrogens with zero attached hydrogens (tertiary/aromatic N) is 2. The summed E-state index contributed by atoms with van der Waals surface area (Å²) < 4.78 is 6.68. The van der Waals surface area contributed by atoms with Crippen LogP contribution in [0, 0.1) is 0 Å². The Morgan fingerprint density at radius 1 is 1.11 bits per heavy atom. The fourth-order valence-corrected chi connectivity index (χ4v) is 2.87. The first-order chi connectivity index (χ1) is 13.6. The predicted molar refractivity (Wildman–Crippen MR) is 108 cm³/mol. The second kappa shape index (κ2) is 8.99. The van der Waals surface area contributed by atoms with E-state index < -0.39 is 0 Å². The molecule has 0 spiro atoms. The highest BCUT2D eigenvalue weighted by Crippen LogP contribution is 2.19. The Labute approximate surface area is 163 Å². The van der Waals surface area contributed by atoms with Crippen LogP contribution >= 0.6 is 0 Å². The lowest BCUT2D eigenvalue weighted by Gasteiger charge is -2.16. The van der Waals surface area contributed by atoms with Crippen LogP contribution in [-0.4, -0.2) is 22.3 Å². The molecule has 6 nitrogen and oxygen atoms in total. The largest absolute Gasteiger partial charge is 0.494 e. The van der Waals surface area contributed by atoms with Crippen LogP contribution in [0.25, 0.3) is 11.3 Å². The molecule has 0 bridgehead atoms. The smallest absolute Gasteiger partial charge is 0.267 e. The van der Waals surface area contributed by atoms with Crippen LogP contribution in [0.5, 0.6) is 5.75 Å². The number of nitrogens with one attached hydrogen (secondary N) is 1. The highest BCUT2D eigenvalue weighted by atomic mass is 16.5. The van der Waals surface area contributed by atoms with Crippen molar-refractivity contribution in [1.82, 2.24) is 15.1 Å². The van der Waals surface area contributed by atoms with Crippen LogP contribution in [0.3, 0.4) is 0 Å². The van der Waals surface area contributed by atoms with Crippen molar-refractivity contribution in [2.75, 3.05) is 6.61 Å². The molecular weight excluding hydrogens is 354 g/mol. The number of rotatable bonds is 7. The van der Waals surface area contributed by atoms with E-state index in [1.807, 2.05) is 68.4 Å². The molecule has 0 unspecified atom stereocenters. The number of ether oxygens (including phenoxy) is 1. The lowest BCUT2D eigenvalue weighted by Crippen LogP contribution is -2.34. The summed E-state index contributed by atoms with van der Waals surface area (Å²) in [5, 5.41) is 7.23. The van der Waals surface area contributed by atoms with Crippen molar-refractivity contribution in [3.63, 3.8) is 0 Å². The summed E-state index contributed by atoms with van der Waals surface area (Å²) in [6.45, 7) is 4.25. The lowest BCUT2D eigenvalue weighted by molar-refractivity contribution is -0.122. The molecule has 3 aromatic rings. The third-order valence-corrected chi connectivity index (χ3v) is 4.28. The first-order valence-corrected chi connectivity index (χ1v) is 9.22. The zero-order chi connectivity index (χ0) is 19.9. The van der Waals surface area contributed by atoms with E-state index in [9.17, 15) is 9.59 Å². The summed E-state index contributed by atoms with van der Waals surface area (Å²) in [7, 11) is 0. The van der Waals surface area contributed by atoms with Gasteiger partial charge in [0.05, 0.1) is 18.3 Å². The summed E-state index contributed by atoms with van der Waals surface area (Å²) in [5.41, 5.74) is 2.14. The number of carbonyl (C=O) groups excluding carboxylic acids is 1. The Hall–Kier alpha value is -3.41. The molecule has 6 heteroatoms. The van der Waals surface area contributed by atoms with Crippen LogP contribution in [0.1, 0.15) is 25.5 Å². The standard InChI is InChI=1S/C22H23N3O3/c1-3-28-19-11-7-10-18(14-19)16(2)23-21(26)15-25-22(27)13-12-20(24-25)17-8-5-4-6-9-17/h4-14,16H,3,15H2,1-2H3,(H,23,26)/t16-/m1/s1. The summed E-state index contributed by atoms with van der Waals surface area (Å²) in [6.07, 6.45) is 0. The van der Waals surface area contributed by atoms with E-state index >= 15 is 0 Å². The first kappa shape index (κ1) is 19.4. The van der Waals surface area contributed by atoms with Gasteiger partial charge in [0.15, 0.2) is 0 Å². The van der Waals surface area contributed by atoms with Gasteiger partial charge in [0.1, 0.15) is 12.3 Å². The fourth-order valence-electron chi connectivity index (χ4n) is 2.87. The first-order valence-electron chi connectivity index (χ1n) is 9.22. The Kier molecular flexibility index (Phi) is 6.22. The number of amides is 1. The van der Waals surface area contributed by atoms with Crippen LogP contribution in [0.15, 0.2) is 71.5 Å². The second-order valence-corrected chi connectivity index (χ2v) is 6.38. The molecule has 1 aromatic heterocycles. The average Bonchev–Trinajstić information content (AvgIpc) is 2.71. The van der Waals surface area contributed by atoms with Crippen molar-refractivity contribution in [2.45, 2.75) is 26.4 Å². The van der Waals surface area contributed by atoms with E-state index in [1.165, 1.54) is 10.7 Å². The van der Waals surface area contributed by atoms with E-state index in [-0.39, 0.29) is 24.1 Å². The minimum absolute atomic E-state index is 0.144. The van der Waals surface area contributed by atoms with Gasteiger partial charge in [-0.15, -0.1) is 0 Å². The molecule has 1 heterocycles. The number of carbonyl (C=O) groups is 1. The van der Waals surface area contributed by atoms with E-state index in [4.69, 9.17) is 4.74 Å². The Morgan fingerprint density at radius 3 is 2.64 bits per heavy atom. The van der Waals surface area contributed by atoms with E-state index in [2.05, 4.69) is 10.4 Å². The second-order valence-electron chi connectivity index (χ2n) is 6.38. The van der Waals surface area contributed by atoms with Gasteiger partial charge in [-0.3, -0.25) is 9.59 Å². The molecule has 0 fully saturated rings. The Bertz CT molecular complexity index is 999. The average molecular weight is 377 g/mol. The van der Waals surface area contributed by atoms with Gasteiger partial charge in [0.25, 0.3) is 5.56 Å². The Morgan fingerprint density at radius 2 is 1.89 bits per heavy atom. The van der Waals surface area contributed by atoms with Gasteiger partial charge >= 0.3 is 0 Å². The fraction of sp³-hybridized carbons (Fsp3) is 0.227. The molecule has 0 saturated carbocycles. The summed E-state index contributed by atoms with van der Waals surface area (Å²) in [5.74, 6) is 0.476. The van der Waals surface area contributed by atoms with Crippen molar-refractivity contribution in [3.8, 4) is 17.0 Å². The lowest BCUT2D eigenvalue weighted by atomic mass is 10.1. The molecule has 0 saturated heterocycles. The minimum Gasteiger partial charge on any atom is -0.494 e. The summed E-state index contributed by atoms with van der Waals surface area (Å²) in [6, 6.07) is 20.0. The van der Waals surface area contributed by atoms with Crippen molar-refractivity contribution < 1.29 is 9.53 Å². The van der Waals surface area contributed by atoms with Crippen molar-refractivity contribution >= 4 is 5.91 Å². The zero-order valence-electron chi connectivity index (χ0n) is 16.0. The maximum absolute atomic E-state index is 12.5. The molecule has 0 aliphatic heterocycles. The molecule has 0 aliphatic rings. The van der Waals surface area contributed by atoms with Crippen LogP contribution in [0.4, 0.5) is 0 Å². The van der Waals surface area contributed by atoms with Gasteiger partial charge in [-0.2, -0.15) is 5.10 Å². The van der Waals surface area contributed by atoms with Gasteiger partial charge in [-0.1, -0.05) is 42.5 Å². The van der Waals surface area contributed by atoms with E-state index in [1.54, 1.807) is 6.07 Å². The van der Waals surface area contributed by atoms with Gasteiger partial charge in [0, 0.05) is 11.6 Å². The minimum atomic E-state index is -0.319. The van der Waals surface area contributed by atoms with Gasteiger partial charge in [0.2, 0.25) is 5.91 Å². The number of hydrogen-bond acceptors (Lipinski definition) is 4. The molecule has 0 aliphatic carbocycles. The zero-order valence-corrected chi connectivity index (χ0v) is 16.0. The maximum Gasteiger partial charge on any atom is 0.267 e. The maximum atomic E-state index is 12.5. The monoisotopic (exact) mass is 377 g/mol. The van der Waals surface area contributed by atoms with Crippen molar-refractivity contribution in [1.29, 1.82) is 0 Å². The molecule has 3 rings (SSSR count). The quantitative estimate of drug-likeness (QED) is 0.686. The van der Waals surface area contributed by atoms with Gasteiger partial charge in [-0.25, -0.2) is 4.68 Å². The molecule has 28 heavy (non-hydrogen) atoms. The molecule has 144 valence electrons. The van der Waals surface area contributed by atoms with Crippen LogP contribution in [-0.2, 0) is 11.3 Å². The van der Waals surface area contributed by atoms with E-state index in [0.717, 1.165) is 16.9 Å². The molecule has 1 atom stereocenters. The normalized spacial score (nSPS) is 11.6. The van der Waals surface area contributed by atoms with Crippen molar-refractivity contribution in [3.05, 3.63) is 82.6 Å². The highest BCUT2D eigenvalue weighted by Gasteiger charge is 2.13.